The first-order valence-corrected chi connectivity index (χ1v) is 7.16. The van der Waals surface area contributed by atoms with Crippen LogP contribution in [0.2, 0.25) is 10.2 Å². The number of hydrogen-bond acceptors (Lipinski definition) is 3. The zero-order chi connectivity index (χ0) is 14.7. The molecule has 0 aliphatic carbocycles. The fourth-order valence-electron chi connectivity index (χ4n) is 1.54. The lowest BCUT2D eigenvalue weighted by atomic mass is 10.2. The maximum atomic E-state index is 12.2. The summed E-state index contributed by atoms with van der Waals surface area (Å²) < 4.78 is 0.838. The van der Waals surface area contributed by atoms with Gasteiger partial charge in [-0.25, -0.2) is 4.98 Å². The van der Waals surface area contributed by atoms with E-state index >= 15 is 0 Å². The summed E-state index contributed by atoms with van der Waals surface area (Å²) >= 11 is 15.2. The van der Waals surface area contributed by atoms with Crippen LogP contribution in [-0.4, -0.2) is 17.9 Å². The fourth-order valence-corrected chi connectivity index (χ4v) is 2.47. The molecule has 0 saturated heterocycles. The Morgan fingerprint density at radius 3 is 2.65 bits per heavy atom. The number of anilines is 2. The highest BCUT2D eigenvalue weighted by atomic mass is 79.9. The Hall–Kier alpha value is -1.30. The van der Waals surface area contributed by atoms with Crippen LogP contribution >= 0.6 is 39.1 Å². The first kappa shape index (κ1) is 15.1. The average Bonchev–Trinajstić information content (AvgIpc) is 2.41. The van der Waals surface area contributed by atoms with E-state index in [1.54, 1.807) is 31.3 Å². The molecule has 0 spiro atoms. The van der Waals surface area contributed by atoms with Gasteiger partial charge in [-0.1, -0.05) is 39.1 Å². The van der Waals surface area contributed by atoms with Crippen LogP contribution in [0.25, 0.3) is 0 Å². The van der Waals surface area contributed by atoms with E-state index in [4.69, 9.17) is 23.2 Å². The van der Waals surface area contributed by atoms with Crippen LogP contribution in [0.5, 0.6) is 0 Å². The number of benzene rings is 1. The van der Waals surface area contributed by atoms with Crippen molar-refractivity contribution in [2.45, 2.75) is 0 Å². The summed E-state index contributed by atoms with van der Waals surface area (Å²) in [6.45, 7) is 0. The number of nitrogens with zero attached hydrogens (tertiary/aromatic N) is 1. The Labute approximate surface area is 134 Å². The highest BCUT2D eigenvalue weighted by Crippen LogP contribution is 2.26. The van der Waals surface area contributed by atoms with Crippen LogP contribution < -0.4 is 10.6 Å². The third-order valence-electron chi connectivity index (χ3n) is 2.49. The van der Waals surface area contributed by atoms with E-state index in [2.05, 4.69) is 31.5 Å². The van der Waals surface area contributed by atoms with E-state index in [0.29, 0.717) is 22.1 Å². The molecular weight excluding hydrogens is 365 g/mol. The van der Waals surface area contributed by atoms with Gasteiger partial charge in [0.05, 0.1) is 10.7 Å². The van der Waals surface area contributed by atoms with Crippen molar-refractivity contribution in [3.8, 4) is 0 Å². The summed E-state index contributed by atoms with van der Waals surface area (Å²) in [6, 6.07) is 8.31. The summed E-state index contributed by atoms with van der Waals surface area (Å²) in [5, 5.41) is 6.25. The second-order valence-electron chi connectivity index (χ2n) is 3.89. The number of carbonyl (C=O) groups is 1. The molecule has 1 amide bonds. The zero-order valence-corrected chi connectivity index (χ0v) is 13.5. The van der Waals surface area contributed by atoms with Gasteiger partial charge in [-0.15, -0.1) is 0 Å². The summed E-state index contributed by atoms with van der Waals surface area (Å²) in [7, 11) is 1.70. The minimum Gasteiger partial charge on any atom is -0.373 e. The smallest absolute Gasteiger partial charge is 0.255 e. The largest absolute Gasteiger partial charge is 0.373 e. The summed E-state index contributed by atoms with van der Waals surface area (Å²) in [6.07, 6.45) is 0. The number of rotatable bonds is 3. The normalized spacial score (nSPS) is 10.2. The van der Waals surface area contributed by atoms with Crippen LogP contribution in [0.15, 0.2) is 34.8 Å². The molecule has 2 N–H and O–H groups in total. The van der Waals surface area contributed by atoms with Gasteiger partial charge >= 0.3 is 0 Å². The van der Waals surface area contributed by atoms with E-state index in [-0.39, 0.29) is 11.1 Å². The Morgan fingerprint density at radius 1 is 1.25 bits per heavy atom. The van der Waals surface area contributed by atoms with Gasteiger partial charge in [0.15, 0.2) is 0 Å². The summed E-state index contributed by atoms with van der Waals surface area (Å²) in [5.41, 5.74) is 0.923. The molecule has 0 atom stereocenters. The Bertz CT molecular complexity index is 664. The maximum absolute atomic E-state index is 12.2. The lowest BCUT2D eigenvalue weighted by Crippen LogP contribution is -2.13. The number of pyridine rings is 1. The molecule has 1 heterocycles. The third kappa shape index (κ3) is 3.62. The van der Waals surface area contributed by atoms with E-state index in [1.165, 1.54) is 6.07 Å². The highest BCUT2D eigenvalue weighted by molar-refractivity contribution is 9.10. The van der Waals surface area contributed by atoms with Crippen molar-refractivity contribution in [3.05, 3.63) is 50.5 Å². The van der Waals surface area contributed by atoms with Crippen molar-refractivity contribution in [2.24, 2.45) is 0 Å². The molecular formula is C13H10BrCl2N3O. The second kappa shape index (κ2) is 6.43. The van der Waals surface area contributed by atoms with Gasteiger partial charge in [0.25, 0.3) is 5.91 Å². The van der Waals surface area contributed by atoms with Crippen molar-refractivity contribution in [1.82, 2.24) is 4.98 Å². The quantitative estimate of drug-likeness (QED) is 0.780. The summed E-state index contributed by atoms with van der Waals surface area (Å²) in [4.78, 5) is 16.2. The van der Waals surface area contributed by atoms with Gasteiger partial charge in [0.1, 0.15) is 11.0 Å². The molecule has 1 aromatic heterocycles. The standard InChI is InChI=1S/C13H10BrCl2N3O/c1-17-12-5-7(4-11(16)19-12)13(20)18-10-3-2-8(14)6-9(10)15/h2-6H,1H3,(H,17,19)(H,18,20). The molecule has 0 aliphatic rings. The summed E-state index contributed by atoms with van der Waals surface area (Å²) in [5.74, 6) is 0.208. The molecule has 7 heteroatoms. The molecule has 104 valence electrons. The van der Waals surface area contributed by atoms with E-state index in [1.807, 2.05) is 0 Å². The molecule has 0 radical (unpaired) electrons. The van der Waals surface area contributed by atoms with Crippen molar-refractivity contribution in [3.63, 3.8) is 0 Å². The second-order valence-corrected chi connectivity index (χ2v) is 5.60. The Balaban J connectivity index is 2.26. The fraction of sp³-hybridized carbons (Fsp3) is 0.0769. The van der Waals surface area contributed by atoms with Crippen molar-refractivity contribution in [2.75, 3.05) is 17.7 Å². The van der Waals surface area contributed by atoms with Crippen LogP contribution in [0.3, 0.4) is 0 Å². The number of halogens is 3. The number of hydrogen-bond donors (Lipinski definition) is 2. The zero-order valence-electron chi connectivity index (χ0n) is 10.4. The maximum Gasteiger partial charge on any atom is 0.255 e. The van der Waals surface area contributed by atoms with Crippen LogP contribution in [-0.2, 0) is 0 Å². The Morgan fingerprint density at radius 2 is 2.00 bits per heavy atom. The molecule has 0 aliphatic heterocycles. The first-order chi connectivity index (χ1) is 9.49. The molecule has 20 heavy (non-hydrogen) atoms. The van der Waals surface area contributed by atoms with Crippen LogP contribution in [0.4, 0.5) is 11.5 Å². The van der Waals surface area contributed by atoms with Crippen molar-refractivity contribution < 1.29 is 4.79 Å². The van der Waals surface area contributed by atoms with E-state index in [9.17, 15) is 4.79 Å². The predicted octanol–water partition coefficient (Wildman–Crippen LogP) is 4.44. The number of nitrogens with one attached hydrogen (secondary N) is 2. The highest BCUT2D eigenvalue weighted by Gasteiger charge is 2.11. The SMILES string of the molecule is CNc1cc(C(=O)Nc2ccc(Br)cc2Cl)cc(Cl)n1. The monoisotopic (exact) mass is 373 g/mol. The lowest BCUT2D eigenvalue weighted by molar-refractivity contribution is 0.102. The minimum atomic E-state index is -0.310. The topological polar surface area (TPSA) is 54.0 Å². The van der Waals surface area contributed by atoms with E-state index < -0.39 is 0 Å². The van der Waals surface area contributed by atoms with E-state index in [0.717, 1.165) is 4.47 Å². The van der Waals surface area contributed by atoms with Gasteiger partial charge in [0, 0.05) is 17.1 Å². The number of aromatic nitrogens is 1. The molecule has 2 aromatic rings. The first-order valence-electron chi connectivity index (χ1n) is 5.61. The van der Waals surface area contributed by atoms with Gasteiger partial charge < -0.3 is 10.6 Å². The van der Waals surface area contributed by atoms with Gasteiger partial charge in [-0.3, -0.25) is 4.79 Å². The molecule has 4 nitrogen and oxygen atoms in total. The van der Waals surface area contributed by atoms with Crippen molar-refractivity contribution in [1.29, 1.82) is 0 Å². The van der Waals surface area contributed by atoms with Crippen molar-refractivity contribution >= 4 is 56.5 Å². The number of amides is 1. The molecule has 2 rings (SSSR count). The number of carbonyl (C=O) groups excluding carboxylic acids is 1. The molecule has 0 bridgehead atoms. The predicted molar refractivity (Wildman–Crippen MR) is 85.9 cm³/mol. The minimum absolute atomic E-state index is 0.240. The molecule has 0 unspecified atom stereocenters. The van der Waals surface area contributed by atoms with Crippen LogP contribution in [0.1, 0.15) is 10.4 Å². The lowest BCUT2D eigenvalue weighted by Gasteiger charge is -2.09. The van der Waals surface area contributed by atoms with Gasteiger partial charge in [-0.2, -0.15) is 0 Å². The van der Waals surface area contributed by atoms with Gasteiger partial charge in [-0.05, 0) is 30.3 Å². The third-order valence-corrected chi connectivity index (χ3v) is 3.49. The average molecular weight is 375 g/mol. The molecule has 0 fully saturated rings. The molecule has 0 saturated carbocycles. The Kier molecular flexibility index (Phi) is 4.86. The van der Waals surface area contributed by atoms with Crippen LogP contribution in [0, 0.1) is 0 Å². The molecule has 1 aromatic carbocycles. The van der Waals surface area contributed by atoms with Gasteiger partial charge in [0.2, 0.25) is 0 Å².